The maximum Gasteiger partial charge on any atom is 0.191 e. The van der Waals surface area contributed by atoms with E-state index in [1.165, 1.54) is 11.1 Å². The van der Waals surface area contributed by atoms with Crippen molar-refractivity contribution in [2.45, 2.75) is 37.4 Å². The fraction of sp³-hybridized carbons (Fsp3) is 0.632. The molecule has 25 heavy (non-hydrogen) atoms. The standard InChI is InChI=1S/C19H31N3OS.HI/c1-15-5-7-17(8-6-15)16(2)13-21-18(20-3)22-14-19(24-4)9-11-23-12-10-19;/h5-8,16H,9-14H2,1-4H3,(H2,20,21,22);1H. The largest absolute Gasteiger partial charge is 0.381 e. The Morgan fingerprint density at radius 1 is 1.24 bits per heavy atom. The number of halogens is 1. The highest BCUT2D eigenvalue weighted by Gasteiger charge is 2.31. The van der Waals surface area contributed by atoms with E-state index in [4.69, 9.17) is 4.74 Å². The summed E-state index contributed by atoms with van der Waals surface area (Å²) < 4.78 is 5.77. The molecule has 6 heteroatoms. The lowest BCUT2D eigenvalue weighted by molar-refractivity contribution is 0.0783. The number of guanidine groups is 1. The Morgan fingerprint density at radius 3 is 2.44 bits per heavy atom. The molecule has 4 nitrogen and oxygen atoms in total. The number of hydrogen-bond donors (Lipinski definition) is 2. The Balaban J connectivity index is 0.00000312. The molecule has 1 atom stereocenters. The Hall–Kier alpha value is -0.470. The number of hydrogen-bond acceptors (Lipinski definition) is 3. The van der Waals surface area contributed by atoms with Gasteiger partial charge in [-0.2, -0.15) is 11.8 Å². The molecule has 0 radical (unpaired) electrons. The summed E-state index contributed by atoms with van der Waals surface area (Å²) in [5.74, 6) is 1.33. The van der Waals surface area contributed by atoms with Crippen LogP contribution in [-0.2, 0) is 4.74 Å². The number of aryl methyl sites for hydroxylation is 1. The minimum absolute atomic E-state index is 0. The molecule has 0 spiro atoms. The third-order valence-corrected chi connectivity index (χ3v) is 6.28. The molecule has 0 saturated carbocycles. The second kappa shape index (κ2) is 11.3. The van der Waals surface area contributed by atoms with Gasteiger partial charge in [-0.25, -0.2) is 0 Å². The minimum Gasteiger partial charge on any atom is -0.381 e. The van der Waals surface area contributed by atoms with Gasteiger partial charge < -0.3 is 15.4 Å². The highest BCUT2D eigenvalue weighted by Crippen LogP contribution is 2.32. The van der Waals surface area contributed by atoms with Gasteiger partial charge in [-0.05, 0) is 37.5 Å². The molecule has 1 unspecified atom stereocenters. The maximum absolute atomic E-state index is 5.51. The second-order valence-electron chi connectivity index (χ2n) is 6.62. The van der Waals surface area contributed by atoms with E-state index in [0.717, 1.165) is 45.1 Å². The van der Waals surface area contributed by atoms with E-state index in [1.54, 1.807) is 0 Å². The smallest absolute Gasteiger partial charge is 0.191 e. The van der Waals surface area contributed by atoms with Crippen LogP contribution >= 0.6 is 35.7 Å². The van der Waals surface area contributed by atoms with Crippen LogP contribution in [0.1, 0.15) is 36.8 Å². The van der Waals surface area contributed by atoms with E-state index in [9.17, 15) is 0 Å². The van der Waals surface area contributed by atoms with Crippen LogP contribution in [0, 0.1) is 6.92 Å². The molecule has 142 valence electrons. The highest BCUT2D eigenvalue weighted by atomic mass is 127. The van der Waals surface area contributed by atoms with Gasteiger partial charge in [0.25, 0.3) is 0 Å². The molecule has 1 aromatic rings. The van der Waals surface area contributed by atoms with E-state index in [1.807, 2.05) is 18.8 Å². The number of ether oxygens (including phenoxy) is 1. The van der Waals surface area contributed by atoms with Crippen LogP contribution in [0.4, 0.5) is 0 Å². The van der Waals surface area contributed by atoms with Gasteiger partial charge in [0.15, 0.2) is 5.96 Å². The van der Waals surface area contributed by atoms with Crippen molar-refractivity contribution in [3.05, 3.63) is 35.4 Å². The number of nitrogens with zero attached hydrogens (tertiary/aromatic N) is 1. The zero-order valence-electron chi connectivity index (χ0n) is 15.8. The fourth-order valence-corrected chi connectivity index (χ4v) is 3.72. The van der Waals surface area contributed by atoms with Crippen molar-refractivity contribution in [3.63, 3.8) is 0 Å². The third kappa shape index (κ3) is 6.98. The van der Waals surface area contributed by atoms with Gasteiger partial charge >= 0.3 is 0 Å². The lowest BCUT2D eigenvalue weighted by Gasteiger charge is -2.36. The van der Waals surface area contributed by atoms with Crippen molar-refractivity contribution in [3.8, 4) is 0 Å². The van der Waals surface area contributed by atoms with Crippen molar-refractivity contribution in [2.24, 2.45) is 4.99 Å². The van der Waals surface area contributed by atoms with E-state index in [2.05, 4.69) is 60.0 Å². The molecule has 2 rings (SSSR count). The quantitative estimate of drug-likeness (QED) is 0.372. The van der Waals surface area contributed by atoms with E-state index < -0.39 is 0 Å². The number of benzene rings is 1. The molecule has 1 aromatic carbocycles. The first kappa shape index (κ1) is 22.6. The summed E-state index contributed by atoms with van der Waals surface area (Å²) in [5, 5.41) is 6.97. The van der Waals surface area contributed by atoms with Crippen LogP contribution in [0.5, 0.6) is 0 Å². The zero-order chi connectivity index (χ0) is 17.4. The molecule has 0 amide bonds. The topological polar surface area (TPSA) is 45.7 Å². The third-order valence-electron chi connectivity index (χ3n) is 4.86. The SMILES string of the molecule is CN=C(NCC(C)c1ccc(C)cc1)NCC1(SC)CCOCC1.I. The summed E-state index contributed by atoms with van der Waals surface area (Å²) >= 11 is 1.94. The van der Waals surface area contributed by atoms with Gasteiger partial charge in [0.2, 0.25) is 0 Å². The molecule has 1 aliphatic rings. The number of thioether (sulfide) groups is 1. The minimum atomic E-state index is 0. The number of nitrogens with one attached hydrogen (secondary N) is 2. The van der Waals surface area contributed by atoms with Crippen LogP contribution in [0.25, 0.3) is 0 Å². The van der Waals surface area contributed by atoms with E-state index in [-0.39, 0.29) is 28.7 Å². The molecule has 1 aliphatic heterocycles. The first-order chi connectivity index (χ1) is 11.6. The van der Waals surface area contributed by atoms with Crippen LogP contribution in [0.15, 0.2) is 29.3 Å². The van der Waals surface area contributed by atoms with Crippen LogP contribution in [-0.4, -0.2) is 50.3 Å². The van der Waals surface area contributed by atoms with Gasteiger partial charge in [-0.15, -0.1) is 24.0 Å². The predicted molar refractivity (Wildman–Crippen MR) is 121 cm³/mol. The molecular weight excluding hydrogens is 445 g/mol. The molecule has 1 fully saturated rings. The molecular formula is C19H32IN3OS. The van der Waals surface area contributed by atoms with Crippen LogP contribution in [0.3, 0.4) is 0 Å². The molecule has 1 heterocycles. The van der Waals surface area contributed by atoms with Gasteiger partial charge in [0.1, 0.15) is 0 Å². The summed E-state index contributed by atoms with van der Waals surface area (Å²) in [4.78, 5) is 4.37. The second-order valence-corrected chi connectivity index (χ2v) is 7.89. The van der Waals surface area contributed by atoms with Gasteiger partial charge in [-0.1, -0.05) is 36.8 Å². The average molecular weight is 477 g/mol. The highest BCUT2D eigenvalue weighted by molar-refractivity contribution is 14.0. The molecule has 1 saturated heterocycles. The summed E-state index contributed by atoms with van der Waals surface area (Å²) in [6.45, 7) is 7.88. The van der Waals surface area contributed by atoms with Crippen molar-refractivity contribution in [1.82, 2.24) is 10.6 Å². The van der Waals surface area contributed by atoms with Gasteiger partial charge in [-0.3, -0.25) is 4.99 Å². The van der Waals surface area contributed by atoms with Crippen molar-refractivity contribution in [1.29, 1.82) is 0 Å². The van der Waals surface area contributed by atoms with Crippen LogP contribution in [0.2, 0.25) is 0 Å². The van der Waals surface area contributed by atoms with Crippen LogP contribution < -0.4 is 10.6 Å². The van der Waals surface area contributed by atoms with Crippen molar-refractivity contribution < 1.29 is 4.74 Å². The lowest BCUT2D eigenvalue weighted by Crippen LogP contribution is -2.48. The number of rotatable bonds is 6. The molecule has 2 N–H and O–H groups in total. The summed E-state index contributed by atoms with van der Waals surface area (Å²) in [7, 11) is 1.83. The molecule has 0 aliphatic carbocycles. The molecule has 0 aromatic heterocycles. The van der Waals surface area contributed by atoms with Crippen molar-refractivity contribution >= 4 is 41.7 Å². The first-order valence-corrected chi connectivity index (χ1v) is 9.95. The normalized spacial score (nSPS) is 18.2. The lowest BCUT2D eigenvalue weighted by atomic mass is 9.99. The Kier molecular flexibility index (Phi) is 10.2. The average Bonchev–Trinajstić information content (AvgIpc) is 2.63. The van der Waals surface area contributed by atoms with E-state index in [0.29, 0.717) is 5.92 Å². The predicted octanol–water partition coefficient (Wildman–Crippen LogP) is 3.79. The van der Waals surface area contributed by atoms with Gasteiger partial charge in [0, 0.05) is 38.1 Å². The zero-order valence-corrected chi connectivity index (χ0v) is 18.9. The summed E-state index contributed by atoms with van der Waals surface area (Å²) in [6, 6.07) is 8.77. The summed E-state index contributed by atoms with van der Waals surface area (Å²) in [6.07, 6.45) is 4.39. The Morgan fingerprint density at radius 2 is 1.88 bits per heavy atom. The Bertz CT molecular complexity index is 530. The number of aliphatic imine (C=N–C) groups is 1. The summed E-state index contributed by atoms with van der Waals surface area (Å²) in [5.41, 5.74) is 2.66. The van der Waals surface area contributed by atoms with E-state index >= 15 is 0 Å². The first-order valence-electron chi connectivity index (χ1n) is 8.72. The fourth-order valence-electron chi connectivity index (χ4n) is 2.92. The monoisotopic (exact) mass is 477 g/mol. The maximum atomic E-state index is 5.51. The molecule has 0 bridgehead atoms. The van der Waals surface area contributed by atoms with Crippen molar-refractivity contribution in [2.75, 3.05) is 39.6 Å². The Labute approximate surface area is 174 Å². The van der Waals surface area contributed by atoms with Gasteiger partial charge in [0.05, 0.1) is 0 Å².